The zero-order valence-electron chi connectivity index (χ0n) is 17.5. The van der Waals surface area contributed by atoms with Gasteiger partial charge in [0.1, 0.15) is 5.01 Å². The number of carbonyl (C=O) groups excluding carboxylic acids is 2. The Balaban J connectivity index is 1.59. The van der Waals surface area contributed by atoms with Crippen molar-refractivity contribution >= 4 is 33.1 Å². The Kier molecular flexibility index (Phi) is 6.99. The van der Waals surface area contributed by atoms with Crippen molar-refractivity contribution in [1.82, 2.24) is 14.6 Å². The number of hydrogen-bond acceptors (Lipinski definition) is 6. The average Bonchev–Trinajstić information content (AvgIpc) is 3.20. The smallest absolute Gasteiger partial charge is 0.251 e. The molecular formula is C22H23N3O4S2. The fourth-order valence-corrected chi connectivity index (χ4v) is 4.55. The first-order valence-corrected chi connectivity index (χ1v) is 11.8. The van der Waals surface area contributed by atoms with Crippen LogP contribution in [0.2, 0.25) is 0 Å². The van der Waals surface area contributed by atoms with Crippen LogP contribution in [0.1, 0.15) is 20.9 Å². The van der Waals surface area contributed by atoms with Crippen molar-refractivity contribution in [1.29, 1.82) is 0 Å². The average molecular weight is 458 g/mol. The molecule has 3 rings (SSSR count). The van der Waals surface area contributed by atoms with E-state index in [9.17, 15) is 18.0 Å². The van der Waals surface area contributed by atoms with Crippen LogP contribution in [-0.4, -0.2) is 50.0 Å². The molecular weight excluding hydrogens is 434 g/mol. The number of hydrogen-bond donors (Lipinski definition) is 1. The largest absolute Gasteiger partial charge is 0.345 e. The van der Waals surface area contributed by atoms with Crippen molar-refractivity contribution in [3.8, 4) is 11.3 Å². The lowest BCUT2D eigenvalue weighted by Gasteiger charge is -2.12. The van der Waals surface area contributed by atoms with Gasteiger partial charge in [0.15, 0.2) is 5.78 Å². The molecule has 0 saturated carbocycles. The highest BCUT2D eigenvalue weighted by atomic mass is 32.2. The molecule has 0 fully saturated rings. The lowest BCUT2D eigenvalue weighted by Crippen LogP contribution is -2.30. The van der Waals surface area contributed by atoms with Crippen LogP contribution >= 0.6 is 11.3 Å². The molecule has 0 aliphatic heterocycles. The van der Waals surface area contributed by atoms with Gasteiger partial charge in [0.05, 0.1) is 23.6 Å². The molecule has 0 aliphatic carbocycles. The molecule has 0 saturated heterocycles. The maximum absolute atomic E-state index is 12.4. The first-order chi connectivity index (χ1) is 14.7. The Morgan fingerprint density at radius 2 is 1.81 bits per heavy atom. The van der Waals surface area contributed by atoms with Crippen molar-refractivity contribution in [3.63, 3.8) is 0 Å². The van der Waals surface area contributed by atoms with Gasteiger partial charge in [0, 0.05) is 30.6 Å². The number of nitrogens with one attached hydrogen (secondary N) is 1. The Hall–Kier alpha value is -2.88. The molecule has 1 amide bonds. The van der Waals surface area contributed by atoms with Gasteiger partial charge < -0.3 is 5.32 Å². The van der Waals surface area contributed by atoms with Gasteiger partial charge >= 0.3 is 0 Å². The maximum atomic E-state index is 12.4. The number of ketones is 1. The number of aromatic nitrogens is 1. The molecule has 1 aromatic heterocycles. The van der Waals surface area contributed by atoms with Crippen LogP contribution in [0, 0.1) is 6.92 Å². The summed E-state index contributed by atoms with van der Waals surface area (Å²) in [5.74, 6) is -0.695. The molecule has 162 valence electrons. The van der Waals surface area contributed by atoms with Gasteiger partial charge in [-0.3, -0.25) is 9.59 Å². The highest BCUT2D eigenvalue weighted by Gasteiger charge is 2.19. The summed E-state index contributed by atoms with van der Waals surface area (Å²) in [5, 5.41) is 5.13. The van der Waals surface area contributed by atoms with Gasteiger partial charge in [-0.05, 0) is 25.1 Å². The summed E-state index contributed by atoms with van der Waals surface area (Å²) >= 11 is 1.40. The molecule has 0 atom stereocenters. The van der Waals surface area contributed by atoms with Crippen LogP contribution in [0.15, 0.2) is 58.8 Å². The maximum Gasteiger partial charge on any atom is 0.251 e. The van der Waals surface area contributed by atoms with E-state index in [1.807, 2.05) is 36.6 Å². The minimum atomic E-state index is -3.65. The molecule has 1 heterocycles. The molecule has 0 aliphatic rings. The van der Waals surface area contributed by atoms with Crippen LogP contribution in [0.4, 0.5) is 0 Å². The van der Waals surface area contributed by atoms with E-state index < -0.39 is 15.9 Å². The van der Waals surface area contributed by atoms with Crippen LogP contribution in [0.5, 0.6) is 0 Å². The van der Waals surface area contributed by atoms with E-state index >= 15 is 0 Å². The molecule has 0 spiro atoms. The summed E-state index contributed by atoms with van der Waals surface area (Å²) < 4.78 is 25.5. The molecule has 9 heteroatoms. The third-order valence-corrected chi connectivity index (χ3v) is 7.23. The number of thiazole rings is 1. The monoisotopic (exact) mass is 457 g/mol. The molecule has 1 N–H and O–H groups in total. The van der Waals surface area contributed by atoms with E-state index in [4.69, 9.17) is 0 Å². The quantitative estimate of drug-likeness (QED) is 0.561. The van der Waals surface area contributed by atoms with Gasteiger partial charge in [-0.15, -0.1) is 11.3 Å². The number of aryl methyl sites for hydroxylation is 1. The summed E-state index contributed by atoms with van der Waals surface area (Å²) in [4.78, 5) is 29.2. The lowest BCUT2D eigenvalue weighted by atomic mass is 10.1. The number of benzene rings is 2. The van der Waals surface area contributed by atoms with Crippen molar-refractivity contribution in [2.45, 2.75) is 18.2 Å². The van der Waals surface area contributed by atoms with Crippen LogP contribution in [0.3, 0.4) is 0 Å². The Morgan fingerprint density at radius 3 is 2.48 bits per heavy atom. The predicted octanol–water partition coefficient (Wildman–Crippen LogP) is 2.91. The third-order valence-electron chi connectivity index (χ3n) is 4.57. The van der Waals surface area contributed by atoms with E-state index in [1.54, 1.807) is 0 Å². The number of rotatable bonds is 8. The molecule has 7 nitrogen and oxygen atoms in total. The second kappa shape index (κ2) is 9.51. The fourth-order valence-electron chi connectivity index (χ4n) is 2.77. The first-order valence-electron chi connectivity index (χ1n) is 9.51. The highest BCUT2D eigenvalue weighted by Crippen LogP contribution is 2.22. The van der Waals surface area contributed by atoms with Gasteiger partial charge in [0.2, 0.25) is 10.0 Å². The number of Topliss-reactive ketones (excluding diaryl/α,β-unsaturated/α-hetero) is 1. The number of amides is 1. The standard InChI is InChI=1S/C22H23N3O4S2/c1-15-7-9-16(10-8-15)20-14-30-21(24-20)12-18(26)13-23-22(27)17-5-4-6-19(11-17)31(28,29)25(2)3/h4-11,14H,12-13H2,1-3H3,(H,23,27). The number of carbonyl (C=O) groups is 2. The minimum Gasteiger partial charge on any atom is -0.345 e. The van der Waals surface area contributed by atoms with Gasteiger partial charge in [-0.2, -0.15) is 0 Å². The van der Waals surface area contributed by atoms with Crippen LogP contribution < -0.4 is 5.32 Å². The van der Waals surface area contributed by atoms with Crippen molar-refractivity contribution in [2.24, 2.45) is 0 Å². The van der Waals surface area contributed by atoms with Gasteiger partial charge in [-0.1, -0.05) is 35.9 Å². The normalized spacial score (nSPS) is 11.5. The Labute approximate surface area is 185 Å². The second-order valence-corrected chi connectivity index (χ2v) is 10.3. The molecule has 0 radical (unpaired) electrons. The summed E-state index contributed by atoms with van der Waals surface area (Å²) in [6.07, 6.45) is 0.117. The molecule has 31 heavy (non-hydrogen) atoms. The van der Waals surface area contributed by atoms with Crippen molar-refractivity contribution < 1.29 is 18.0 Å². The predicted molar refractivity (Wildman–Crippen MR) is 121 cm³/mol. The van der Waals surface area contributed by atoms with Crippen LogP contribution in [0.25, 0.3) is 11.3 Å². The van der Waals surface area contributed by atoms with Gasteiger partial charge in [0.25, 0.3) is 5.91 Å². The summed E-state index contributed by atoms with van der Waals surface area (Å²) in [5.41, 5.74) is 3.14. The topological polar surface area (TPSA) is 96.4 Å². The highest BCUT2D eigenvalue weighted by molar-refractivity contribution is 7.89. The van der Waals surface area contributed by atoms with Crippen LogP contribution in [-0.2, 0) is 21.2 Å². The lowest BCUT2D eigenvalue weighted by molar-refractivity contribution is -0.117. The first kappa shape index (κ1) is 22.8. The number of nitrogens with zero attached hydrogens (tertiary/aromatic N) is 2. The molecule has 0 bridgehead atoms. The molecule has 2 aromatic carbocycles. The minimum absolute atomic E-state index is 0.0166. The Morgan fingerprint density at radius 1 is 1.10 bits per heavy atom. The zero-order chi connectivity index (χ0) is 22.6. The zero-order valence-corrected chi connectivity index (χ0v) is 19.1. The van der Waals surface area contributed by atoms with Gasteiger partial charge in [-0.25, -0.2) is 17.7 Å². The molecule has 0 unspecified atom stereocenters. The van der Waals surface area contributed by atoms with E-state index in [0.29, 0.717) is 5.01 Å². The van der Waals surface area contributed by atoms with E-state index in [2.05, 4.69) is 10.3 Å². The third kappa shape index (κ3) is 5.63. The summed E-state index contributed by atoms with van der Waals surface area (Å²) in [6.45, 7) is 1.85. The summed E-state index contributed by atoms with van der Waals surface area (Å²) in [6, 6.07) is 13.7. The molecule has 3 aromatic rings. The van der Waals surface area contributed by atoms with Crippen molar-refractivity contribution in [2.75, 3.05) is 20.6 Å². The Bertz CT molecular complexity index is 1200. The summed E-state index contributed by atoms with van der Waals surface area (Å²) in [7, 11) is -0.808. The number of sulfonamides is 1. The van der Waals surface area contributed by atoms with E-state index in [0.717, 1.165) is 21.1 Å². The van der Waals surface area contributed by atoms with Crippen molar-refractivity contribution in [3.05, 3.63) is 70.0 Å². The van der Waals surface area contributed by atoms with E-state index in [-0.39, 0.29) is 29.2 Å². The fraction of sp³-hybridized carbons (Fsp3) is 0.227. The SMILES string of the molecule is Cc1ccc(-c2csc(CC(=O)CNC(=O)c3cccc(S(=O)(=O)N(C)C)c3)n2)cc1. The van der Waals surface area contributed by atoms with E-state index in [1.165, 1.54) is 49.7 Å². The second-order valence-electron chi connectivity index (χ2n) is 7.21.